The van der Waals surface area contributed by atoms with Crippen LogP contribution in [0.4, 0.5) is 5.82 Å². The minimum Gasteiger partial charge on any atom is -0.383 e. The number of hydrogen-bond acceptors (Lipinski definition) is 8. The van der Waals surface area contributed by atoms with Crippen molar-refractivity contribution < 1.29 is 9.53 Å². The lowest BCUT2D eigenvalue weighted by Crippen LogP contribution is -2.48. The number of rotatable bonds is 6. The van der Waals surface area contributed by atoms with Crippen LogP contribution in [0.3, 0.4) is 0 Å². The van der Waals surface area contributed by atoms with Gasteiger partial charge in [0.15, 0.2) is 0 Å². The van der Waals surface area contributed by atoms with Gasteiger partial charge >= 0.3 is 0 Å². The SMILES string of the molecule is CCN1CCN(c2c(C=C3SC(=S)N(CCOC)C3=O)c(C)c(C#N)c(=O)n2C)CC1. The third-order valence-corrected chi connectivity index (χ3v) is 7.13. The molecule has 2 saturated heterocycles. The fraction of sp³-hybridized carbons (Fsp3) is 0.524. The van der Waals surface area contributed by atoms with Crippen LogP contribution < -0.4 is 10.5 Å². The minimum atomic E-state index is -0.322. The van der Waals surface area contributed by atoms with Gasteiger partial charge in [-0.15, -0.1) is 0 Å². The molecule has 10 heteroatoms. The first-order chi connectivity index (χ1) is 14.8. The first-order valence-corrected chi connectivity index (χ1v) is 11.4. The van der Waals surface area contributed by atoms with Crippen molar-refractivity contribution in [1.29, 1.82) is 5.26 Å². The predicted octanol–water partition coefficient (Wildman–Crippen LogP) is 1.55. The van der Waals surface area contributed by atoms with Crippen LogP contribution in [0, 0.1) is 18.3 Å². The maximum absolute atomic E-state index is 13.0. The van der Waals surface area contributed by atoms with Crippen LogP contribution in [-0.2, 0) is 16.6 Å². The second kappa shape index (κ2) is 9.96. The largest absolute Gasteiger partial charge is 0.383 e. The van der Waals surface area contributed by atoms with Crippen LogP contribution in [0.5, 0.6) is 0 Å². The molecule has 0 bridgehead atoms. The van der Waals surface area contributed by atoms with Crippen molar-refractivity contribution in [2.24, 2.45) is 7.05 Å². The van der Waals surface area contributed by atoms with Crippen molar-refractivity contribution in [1.82, 2.24) is 14.4 Å². The molecule has 1 aromatic heterocycles. The number of nitrogens with zero attached hydrogens (tertiary/aromatic N) is 5. The number of amides is 1. The summed E-state index contributed by atoms with van der Waals surface area (Å²) in [7, 11) is 3.26. The molecule has 3 rings (SSSR count). The number of piperazine rings is 1. The molecule has 166 valence electrons. The Morgan fingerprint density at radius 3 is 2.52 bits per heavy atom. The van der Waals surface area contributed by atoms with E-state index in [-0.39, 0.29) is 17.0 Å². The van der Waals surface area contributed by atoms with Gasteiger partial charge in [-0.05, 0) is 25.1 Å². The number of hydrogen-bond donors (Lipinski definition) is 0. The molecule has 0 aliphatic carbocycles. The molecule has 2 fully saturated rings. The van der Waals surface area contributed by atoms with Crippen LogP contribution >= 0.6 is 24.0 Å². The van der Waals surface area contributed by atoms with E-state index in [4.69, 9.17) is 17.0 Å². The summed E-state index contributed by atoms with van der Waals surface area (Å²) in [6, 6.07) is 2.04. The van der Waals surface area contributed by atoms with Crippen molar-refractivity contribution in [2.75, 3.05) is 57.9 Å². The number of pyridine rings is 1. The number of thioether (sulfide) groups is 1. The van der Waals surface area contributed by atoms with Crippen molar-refractivity contribution in [3.05, 3.63) is 31.9 Å². The van der Waals surface area contributed by atoms with Gasteiger partial charge in [0, 0.05) is 45.9 Å². The minimum absolute atomic E-state index is 0.0968. The van der Waals surface area contributed by atoms with Crippen LogP contribution in [0.15, 0.2) is 9.70 Å². The lowest BCUT2D eigenvalue weighted by Gasteiger charge is -2.37. The maximum Gasteiger partial charge on any atom is 0.270 e. The molecule has 0 aromatic carbocycles. The molecule has 0 radical (unpaired) electrons. The first-order valence-electron chi connectivity index (χ1n) is 10.2. The van der Waals surface area contributed by atoms with Gasteiger partial charge in [-0.1, -0.05) is 30.9 Å². The van der Waals surface area contributed by atoms with Crippen molar-refractivity contribution in [3.8, 4) is 6.07 Å². The van der Waals surface area contributed by atoms with Crippen LogP contribution in [0.25, 0.3) is 6.08 Å². The molecule has 1 aromatic rings. The fourth-order valence-electron chi connectivity index (χ4n) is 3.88. The maximum atomic E-state index is 13.0. The number of carbonyl (C=O) groups is 1. The molecule has 8 nitrogen and oxygen atoms in total. The van der Waals surface area contributed by atoms with Gasteiger partial charge in [-0.25, -0.2) is 0 Å². The number of nitriles is 1. The van der Waals surface area contributed by atoms with E-state index in [1.165, 1.54) is 21.2 Å². The third kappa shape index (κ3) is 4.55. The number of carbonyl (C=O) groups excluding carboxylic acids is 1. The number of thiocarbonyl (C=S) groups is 1. The number of ether oxygens (including phenoxy) is 1. The molecule has 1 amide bonds. The highest BCUT2D eigenvalue weighted by Gasteiger charge is 2.33. The lowest BCUT2D eigenvalue weighted by atomic mass is 10.0. The number of anilines is 1. The first kappa shape index (κ1) is 23.5. The van der Waals surface area contributed by atoms with E-state index in [1.807, 2.05) is 6.07 Å². The Morgan fingerprint density at radius 2 is 1.94 bits per heavy atom. The molecule has 0 saturated carbocycles. The van der Waals surface area contributed by atoms with E-state index in [1.54, 1.807) is 27.2 Å². The van der Waals surface area contributed by atoms with Crippen LogP contribution in [0.2, 0.25) is 0 Å². The Kier molecular flexibility index (Phi) is 7.54. The monoisotopic (exact) mass is 461 g/mol. The van der Waals surface area contributed by atoms with Crippen LogP contribution in [0.1, 0.15) is 23.6 Å². The molecule has 3 heterocycles. The molecule has 0 atom stereocenters. The molecule has 2 aliphatic heterocycles. The topological polar surface area (TPSA) is 81.8 Å². The Labute approximate surface area is 192 Å². The molecule has 0 spiro atoms. The molecular weight excluding hydrogens is 434 g/mol. The zero-order valence-electron chi connectivity index (χ0n) is 18.3. The van der Waals surface area contributed by atoms with Crippen LogP contribution in [-0.4, -0.2) is 77.6 Å². The molecule has 31 heavy (non-hydrogen) atoms. The molecule has 2 aliphatic rings. The fourth-order valence-corrected chi connectivity index (χ4v) is 5.17. The summed E-state index contributed by atoms with van der Waals surface area (Å²) in [6.45, 7) is 8.98. The van der Waals surface area contributed by atoms with Gasteiger partial charge in [0.2, 0.25) is 0 Å². The van der Waals surface area contributed by atoms with Gasteiger partial charge in [0.1, 0.15) is 21.8 Å². The van der Waals surface area contributed by atoms with E-state index in [9.17, 15) is 14.9 Å². The second-order valence-corrected chi connectivity index (χ2v) is 9.14. The summed E-state index contributed by atoms with van der Waals surface area (Å²) in [5, 5.41) is 9.59. The average molecular weight is 462 g/mol. The number of likely N-dealkylation sites (N-methyl/N-ethyl adjacent to an activating group) is 1. The van der Waals surface area contributed by atoms with Gasteiger partial charge < -0.3 is 14.5 Å². The standard InChI is InChI=1S/C21H27N5O3S2/c1-5-24-6-8-25(9-7-24)18-15(14(2)16(13-22)19(27)23(18)3)12-17-20(28)26(10-11-29-4)21(30)31-17/h12H,5-11H2,1-4H3. The summed E-state index contributed by atoms with van der Waals surface area (Å²) in [6.07, 6.45) is 1.78. The quantitative estimate of drug-likeness (QED) is 0.466. The zero-order valence-corrected chi connectivity index (χ0v) is 19.9. The summed E-state index contributed by atoms with van der Waals surface area (Å²) in [5.41, 5.74) is 1.08. The van der Waals surface area contributed by atoms with E-state index in [0.717, 1.165) is 44.1 Å². The lowest BCUT2D eigenvalue weighted by molar-refractivity contribution is -0.122. The van der Waals surface area contributed by atoms with Crippen molar-refractivity contribution in [2.45, 2.75) is 13.8 Å². The highest BCUT2D eigenvalue weighted by molar-refractivity contribution is 8.26. The van der Waals surface area contributed by atoms with E-state index in [0.29, 0.717) is 27.9 Å². The highest BCUT2D eigenvalue weighted by atomic mass is 32.2. The van der Waals surface area contributed by atoms with Gasteiger partial charge in [0.25, 0.3) is 11.5 Å². The number of methoxy groups -OCH3 is 1. The number of aromatic nitrogens is 1. The predicted molar refractivity (Wildman–Crippen MR) is 127 cm³/mol. The Hall–Kier alpha value is -2.19. The molecule has 0 unspecified atom stereocenters. The van der Waals surface area contributed by atoms with Gasteiger partial charge in [0.05, 0.1) is 18.1 Å². The average Bonchev–Trinajstić information content (AvgIpc) is 3.03. The van der Waals surface area contributed by atoms with Gasteiger partial charge in [-0.3, -0.25) is 19.1 Å². The Morgan fingerprint density at radius 1 is 1.26 bits per heavy atom. The normalized spacial score (nSPS) is 18.9. The van der Waals surface area contributed by atoms with E-state index < -0.39 is 0 Å². The summed E-state index contributed by atoms with van der Waals surface area (Å²) >= 11 is 6.62. The summed E-state index contributed by atoms with van der Waals surface area (Å²) in [4.78, 5) is 32.3. The van der Waals surface area contributed by atoms with E-state index in [2.05, 4.69) is 16.7 Å². The highest BCUT2D eigenvalue weighted by Crippen LogP contribution is 2.35. The Bertz CT molecular complexity index is 1020. The summed E-state index contributed by atoms with van der Waals surface area (Å²) in [5.74, 6) is 0.556. The second-order valence-electron chi connectivity index (χ2n) is 7.46. The van der Waals surface area contributed by atoms with E-state index >= 15 is 0 Å². The Balaban J connectivity index is 2.09. The van der Waals surface area contributed by atoms with Gasteiger partial charge in [-0.2, -0.15) is 5.26 Å². The smallest absolute Gasteiger partial charge is 0.270 e. The van der Waals surface area contributed by atoms with Crippen molar-refractivity contribution in [3.63, 3.8) is 0 Å². The zero-order chi connectivity index (χ0) is 22.7. The molecule has 0 N–H and O–H groups in total. The third-order valence-electron chi connectivity index (χ3n) is 5.75. The molecular formula is C21H27N5O3S2. The summed E-state index contributed by atoms with van der Waals surface area (Å²) < 4.78 is 7.09. The van der Waals surface area contributed by atoms with Crippen molar-refractivity contribution >= 4 is 46.1 Å².